The van der Waals surface area contributed by atoms with Crippen molar-refractivity contribution in [3.63, 3.8) is 0 Å². The van der Waals surface area contributed by atoms with Crippen molar-refractivity contribution in [2.75, 3.05) is 57.9 Å². The molecule has 9 nitrogen and oxygen atoms in total. The molecule has 3 aliphatic rings. The molecular weight excluding hydrogens is 527 g/mol. The molecular formula is C28H42F3N5O4. The van der Waals surface area contributed by atoms with Crippen LogP contribution in [0.1, 0.15) is 52.0 Å². The summed E-state index contributed by atoms with van der Waals surface area (Å²) in [5.74, 6) is 0.551. The molecule has 4 rings (SSSR count). The lowest BCUT2D eigenvalue weighted by molar-refractivity contribution is -0.145. The Balaban J connectivity index is 1.35. The monoisotopic (exact) mass is 569 g/mol. The molecule has 40 heavy (non-hydrogen) atoms. The van der Waals surface area contributed by atoms with Crippen LogP contribution in [-0.2, 0) is 20.4 Å². The van der Waals surface area contributed by atoms with Gasteiger partial charge in [0.05, 0.1) is 30.2 Å². The molecule has 3 fully saturated rings. The van der Waals surface area contributed by atoms with Crippen molar-refractivity contribution in [3.05, 3.63) is 23.9 Å². The molecule has 3 heterocycles. The number of rotatable bonds is 7. The van der Waals surface area contributed by atoms with Gasteiger partial charge in [-0.2, -0.15) is 13.2 Å². The molecule has 0 radical (unpaired) electrons. The molecule has 4 atom stereocenters. The van der Waals surface area contributed by atoms with E-state index >= 15 is 0 Å². The van der Waals surface area contributed by atoms with Crippen LogP contribution in [0.4, 0.5) is 23.8 Å². The predicted molar refractivity (Wildman–Crippen MR) is 144 cm³/mol. The van der Waals surface area contributed by atoms with Crippen LogP contribution in [0.25, 0.3) is 0 Å². The second-order valence-corrected chi connectivity index (χ2v) is 11.4. The number of pyridine rings is 1. The predicted octanol–water partition coefficient (Wildman–Crippen LogP) is 3.78. The van der Waals surface area contributed by atoms with Gasteiger partial charge in [-0.1, -0.05) is 13.8 Å². The molecule has 2 saturated heterocycles. The lowest BCUT2D eigenvalue weighted by Gasteiger charge is -2.42. The summed E-state index contributed by atoms with van der Waals surface area (Å²) in [6.07, 6.45) is -0.632. The van der Waals surface area contributed by atoms with Crippen LogP contribution in [0.2, 0.25) is 0 Å². The van der Waals surface area contributed by atoms with E-state index in [-0.39, 0.29) is 41.9 Å². The number of piperazine rings is 1. The summed E-state index contributed by atoms with van der Waals surface area (Å²) >= 11 is 0. The fraction of sp³-hybridized carbons (Fsp3) is 0.750. The van der Waals surface area contributed by atoms with Gasteiger partial charge < -0.3 is 29.5 Å². The van der Waals surface area contributed by atoms with Crippen molar-refractivity contribution < 1.29 is 32.2 Å². The van der Waals surface area contributed by atoms with Crippen LogP contribution < -0.4 is 10.2 Å². The second-order valence-electron chi connectivity index (χ2n) is 11.4. The Morgan fingerprint density at radius 2 is 1.88 bits per heavy atom. The average Bonchev–Trinajstić information content (AvgIpc) is 3.38. The summed E-state index contributed by atoms with van der Waals surface area (Å²) in [7, 11) is 1.65. The summed E-state index contributed by atoms with van der Waals surface area (Å²) in [4.78, 5) is 35.7. The van der Waals surface area contributed by atoms with Crippen molar-refractivity contribution >= 4 is 17.8 Å². The first-order chi connectivity index (χ1) is 19.0. The van der Waals surface area contributed by atoms with E-state index in [9.17, 15) is 22.8 Å². The van der Waals surface area contributed by atoms with Gasteiger partial charge in [0.15, 0.2) is 0 Å². The largest absolute Gasteiger partial charge is 0.450 e. The van der Waals surface area contributed by atoms with Crippen molar-refractivity contribution in [1.29, 1.82) is 0 Å². The number of halogens is 3. The van der Waals surface area contributed by atoms with Crippen LogP contribution in [0.5, 0.6) is 0 Å². The third-order valence-electron chi connectivity index (χ3n) is 8.88. The number of alkyl halides is 3. The Morgan fingerprint density at radius 1 is 1.15 bits per heavy atom. The summed E-state index contributed by atoms with van der Waals surface area (Å²) in [5.41, 5.74) is -1.22. The molecule has 1 N–H and O–H groups in total. The van der Waals surface area contributed by atoms with E-state index in [1.165, 1.54) is 6.20 Å². The van der Waals surface area contributed by atoms with E-state index in [2.05, 4.69) is 24.1 Å². The van der Waals surface area contributed by atoms with Crippen LogP contribution in [0.15, 0.2) is 18.3 Å². The number of nitrogens with one attached hydrogen (secondary N) is 1. The van der Waals surface area contributed by atoms with Gasteiger partial charge in [-0.3, -0.25) is 4.79 Å². The molecule has 1 aliphatic carbocycles. The van der Waals surface area contributed by atoms with Gasteiger partial charge in [0, 0.05) is 58.1 Å². The number of aromatic nitrogens is 1. The number of carbonyl (C=O) groups is 2. The molecule has 0 aromatic carbocycles. The van der Waals surface area contributed by atoms with Gasteiger partial charge in [0.2, 0.25) is 5.91 Å². The van der Waals surface area contributed by atoms with E-state index in [1.54, 1.807) is 18.9 Å². The Bertz CT molecular complexity index is 1030. The zero-order chi connectivity index (χ0) is 29.1. The number of piperidine rings is 1. The van der Waals surface area contributed by atoms with Gasteiger partial charge in [-0.15, -0.1) is 0 Å². The van der Waals surface area contributed by atoms with Crippen LogP contribution in [-0.4, -0.2) is 98.0 Å². The minimum absolute atomic E-state index is 0.0715. The zero-order valence-corrected chi connectivity index (χ0v) is 23.9. The van der Waals surface area contributed by atoms with Gasteiger partial charge >= 0.3 is 12.3 Å². The molecule has 12 heteroatoms. The van der Waals surface area contributed by atoms with E-state index in [0.29, 0.717) is 52.3 Å². The summed E-state index contributed by atoms with van der Waals surface area (Å²) in [6.45, 7) is 9.12. The fourth-order valence-corrected chi connectivity index (χ4v) is 6.43. The standard InChI is InChI=1S/C28H42F3N5O4/c1-5-40-26(38)36-11-8-22(23(18-36)39-4)33-21-6-9-27(17-21,19(2)3)25(37)35-14-12-34(13-15-35)24-16-20(7-10-32-24)28(29,30)31/h7,10,16,19,21-23,33H,5-6,8-9,11-15,17-18H2,1-4H3. The van der Waals surface area contributed by atoms with Crippen LogP contribution in [0.3, 0.4) is 0 Å². The van der Waals surface area contributed by atoms with Gasteiger partial charge in [-0.05, 0) is 50.7 Å². The Morgan fingerprint density at radius 3 is 2.50 bits per heavy atom. The first kappa shape index (κ1) is 30.4. The number of carbonyl (C=O) groups excluding carboxylic acids is 2. The normalized spacial score (nSPS) is 27.8. The second kappa shape index (κ2) is 12.5. The first-order valence-corrected chi connectivity index (χ1v) is 14.3. The van der Waals surface area contributed by atoms with E-state index < -0.39 is 17.2 Å². The lowest BCUT2D eigenvalue weighted by atomic mass is 9.74. The third-order valence-corrected chi connectivity index (χ3v) is 8.88. The summed E-state index contributed by atoms with van der Waals surface area (Å²) in [5, 5.41) is 3.74. The number of anilines is 1. The maximum Gasteiger partial charge on any atom is 0.416 e. The Hall–Kier alpha value is -2.60. The molecule has 224 valence electrons. The number of ether oxygens (including phenoxy) is 2. The van der Waals surface area contributed by atoms with Gasteiger partial charge in [0.1, 0.15) is 5.82 Å². The first-order valence-electron chi connectivity index (χ1n) is 14.3. The molecule has 1 aromatic rings. The van der Waals surface area contributed by atoms with Crippen molar-refractivity contribution in [1.82, 2.24) is 20.1 Å². The minimum Gasteiger partial charge on any atom is -0.450 e. The maximum atomic E-state index is 14.0. The maximum absolute atomic E-state index is 14.0. The Labute approximate surface area is 234 Å². The van der Waals surface area contributed by atoms with Crippen molar-refractivity contribution in [2.45, 2.75) is 70.8 Å². The van der Waals surface area contributed by atoms with Crippen LogP contribution in [0, 0.1) is 11.3 Å². The number of hydrogen-bond acceptors (Lipinski definition) is 7. The summed E-state index contributed by atoms with van der Waals surface area (Å²) < 4.78 is 50.4. The number of nitrogens with zero attached hydrogens (tertiary/aromatic N) is 4. The van der Waals surface area contributed by atoms with Crippen molar-refractivity contribution in [2.24, 2.45) is 11.3 Å². The SMILES string of the molecule is CCOC(=O)N1CCC(NC2CCC(C(=O)N3CCN(c4cc(C(F)(F)F)ccn4)CC3)(C(C)C)C2)C(OC)C1. The number of amides is 2. The molecule has 1 saturated carbocycles. The number of methoxy groups -OCH3 is 1. The lowest BCUT2D eigenvalue weighted by Crippen LogP contribution is -2.57. The highest BCUT2D eigenvalue weighted by molar-refractivity contribution is 5.84. The quantitative estimate of drug-likeness (QED) is 0.535. The zero-order valence-electron chi connectivity index (χ0n) is 23.9. The molecule has 0 spiro atoms. The molecule has 2 amide bonds. The highest BCUT2D eigenvalue weighted by Gasteiger charge is 2.50. The highest BCUT2D eigenvalue weighted by atomic mass is 19.4. The average molecular weight is 570 g/mol. The van der Waals surface area contributed by atoms with E-state index in [1.807, 2.05) is 9.80 Å². The van der Waals surface area contributed by atoms with E-state index in [0.717, 1.165) is 31.4 Å². The van der Waals surface area contributed by atoms with Crippen molar-refractivity contribution in [3.8, 4) is 0 Å². The third kappa shape index (κ3) is 6.48. The topological polar surface area (TPSA) is 87.2 Å². The smallest absolute Gasteiger partial charge is 0.416 e. The number of likely N-dealkylation sites (tertiary alicyclic amines) is 1. The summed E-state index contributed by atoms with van der Waals surface area (Å²) in [6, 6.07) is 2.27. The molecule has 4 unspecified atom stereocenters. The van der Waals surface area contributed by atoms with Gasteiger partial charge in [-0.25, -0.2) is 9.78 Å². The van der Waals surface area contributed by atoms with E-state index in [4.69, 9.17) is 9.47 Å². The molecule has 1 aromatic heterocycles. The fourth-order valence-electron chi connectivity index (χ4n) is 6.43. The van der Waals surface area contributed by atoms with Gasteiger partial charge in [0.25, 0.3) is 0 Å². The highest BCUT2D eigenvalue weighted by Crippen LogP contribution is 2.46. The molecule has 2 aliphatic heterocycles. The van der Waals surface area contributed by atoms with Crippen LogP contribution >= 0.6 is 0 Å². The number of hydrogen-bond donors (Lipinski definition) is 1. The molecule has 0 bridgehead atoms. The minimum atomic E-state index is -4.42. The Kier molecular flexibility index (Phi) is 9.49.